The number of hydrogen-bond acceptors (Lipinski definition) is 7. The lowest BCUT2D eigenvalue weighted by molar-refractivity contribution is 0.102. The van der Waals surface area contributed by atoms with Gasteiger partial charge in [-0.2, -0.15) is 4.80 Å². The molecule has 2 heterocycles. The predicted molar refractivity (Wildman–Crippen MR) is 164 cm³/mol. The van der Waals surface area contributed by atoms with Gasteiger partial charge < -0.3 is 10.1 Å². The van der Waals surface area contributed by atoms with Gasteiger partial charge in [0.25, 0.3) is 5.91 Å². The number of carbonyl (C=O) groups is 1. The molecular formula is C33H30N6O2S. The first-order valence-electron chi connectivity index (χ1n) is 14.0. The first-order chi connectivity index (χ1) is 20.6. The summed E-state index contributed by atoms with van der Waals surface area (Å²) in [6, 6.07) is 21.0. The summed E-state index contributed by atoms with van der Waals surface area (Å²) in [7, 11) is 1.64. The molecule has 210 valence electrons. The molecule has 6 rings (SSSR count). The van der Waals surface area contributed by atoms with Gasteiger partial charge in [-0.1, -0.05) is 43.5 Å². The summed E-state index contributed by atoms with van der Waals surface area (Å²) in [5.74, 6) is 8.11. The molecule has 3 aromatic carbocycles. The van der Waals surface area contributed by atoms with Gasteiger partial charge >= 0.3 is 0 Å². The number of hydrogen-bond donors (Lipinski definition) is 1. The zero-order valence-corrected chi connectivity index (χ0v) is 24.3. The molecule has 0 atom stereocenters. The first-order valence-corrected chi connectivity index (χ1v) is 14.9. The number of carbonyl (C=O) groups excluding carboxylic acids is 1. The second-order valence-electron chi connectivity index (χ2n) is 10.2. The summed E-state index contributed by atoms with van der Waals surface area (Å²) in [4.78, 5) is 19.5. The molecule has 0 spiro atoms. The Balaban J connectivity index is 1.13. The normalized spacial score (nSPS) is 12.7. The lowest BCUT2D eigenvalue weighted by Gasteiger charge is -2.22. The van der Waals surface area contributed by atoms with Crippen LogP contribution in [0.25, 0.3) is 11.4 Å². The minimum Gasteiger partial charge on any atom is -0.497 e. The summed E-state index contributed by atoms with van der Waals surface area (Å²) in [6.07, 6.45) is 4.42. The molecule has 1 saturated carbocycles. The van der Waals surface area contributed by atoms with Crippen LogP contribution in [0.2, 0.25) is 0 Å². The standard InChI is InChI=1S/C33H30N6O2S/c1-3-24-19-26(32-36-38-39(37-32)20-23-10-14-28(41-2)15-11-23)13-16-29(24)33(40)34-27-9-4-6-22(18-27)12-17-31-35-30(21-42-31)25-7-5-8-25/h4,6,9-11,13-16,18-19,21,25H,3,5,7-8,20H2,1-2H3,(H,34,40). The number of tetrazole rings is 1. The van der Waals surface area contributed by atoms with E-state index in [9.17, 15) is 4.79 Å². The summed E-state index contributed by atoms with van der Waals surface area (Å²) in [6.45, 7) is 2.52. The van der Waals surface area contributed by atoms with Crippen molar-refractivity contribution in [2.75, 3.05) is 12.4 Å². The van der Waals surface area contributed by atoms with Crippen LogP contribution in [0, 0.1) is 11.8 Å². The second-order valence-corrected chi connectivity index (χ2v) is 11.1. The van der Waals surface area contributed by atoms with E-state index in [0.29, 0.717) is 36.0 Å². The van der Waals surface area contributed by atoms with Crippen molar-refractivity contribution >= 4 is 22.9 Å². The number of amides is 1. The summed E-state index contributed by atoms with van der Waals surface area (Å²) in [5.41, 5.74) is 6.04. The molecule has 1 fully saturated rings. The molecule has 1 aliphatic carbocycles. The molecule has 8 nitrogen and oxygen atoms in total. The highest BCUT2D eigenvalue weighted by Crippen LogP contribution is 2.36. The van der Waals surface area contributed by atoms with Gasteiger partial charge in [0.05, 0.1) is 19.3 Å². The summed E-state index contributed by atoms with van der Waals surface area (Å²) < 4.78 is 5.22. The Hall–Kier alpha value is -4.81. The zero-order chi connectivity index (χ0) is 28.9. The smallest absolute Gasteiger partial charge is 0.255 e. The second kappa shape index (κ2) is 12.4. The number of ether oxygens (including phenoxy) is 1. The van der Waals surface area contributed by atoms with Crippen molar-refractivity contribution in [1.82, 2.24) is 25.2 Å². The van der Waals surface area contributed by atoms with Crippen molar-refractivity contribution in [3.8, 4) is 29.0 Å². The average Bonchev–Trinajstić information content (AvgIpc) is 3.65. The number of anilines is 1. The van der Waals surface area contributed by atoms with Crippen LogP contribution in [0.4, 0.5) is 5.69 Å². The molecule has 1 aliphatic rings. The van der Waals surface area contributed by atoms with Gasteiger partial charge in [0.2, 0.25) is 5.82 Å². The van der Waals surface area contributed by atoms with Crippen molar-refractivity contribution < 1.29 is 9.53 Å². The fourth-order valence-electron chi connectivity index (χ4n) is 4.80. The highest BCUT2D eigenvalue weighted by atomic mass is 32.1. The molecule has 5 aromatic rings. The third-order valence-electron chi connectivity index (χ3n) is 7.40. The van der Waals surface area contributed by atoms with Gasteiger partial charge in [0.1, 0.15) is 5.75 Å². The number of nitrogens with one attached hydrogen (secondary N) is 1. The first kappa shape index (κ1) is 27.4. The van der Waals surface area contributed by atoms with Crippen LogP contribution in [-0.4, -0.2) is 38.2 Å². The van der Waals surface area contributed by atoms with Gasteiger partial charge in [-0.15, -0.1) is 21.5 Å². The number of aryl methyl sites for hydroxylation is 1. The van der Waals surface area contributed by atoms with E-state index in [-0.39, 0.29) is 5.91 Å². The molecule has 0 saturated heterocycles. The maximum Gasteiger partial charge on any atom is 0.255 e. The van der Waals surface area contributed by atoms with Crippen molar-refractivity contribution in [1.29, 1.82) is 0 Å². The van der Waals surface area contributed by atoms with Crippen LogP contribution < -0.4 is 10.1 Å². The predicted octanol–water partition coefficient (Wildman–Crippen LogP) is 6.34. The Labute approximate surface area is 248 Å². The molecular weight excluding hydrogens is 544 g/mol. The van der Waals surface area contributed by atoms with Crippen LogP contribution in [0.1, 0.15) is 69.9 Å². The number of methoxy groups -OCH3 is 1. The van der Waals surface area contributed by atoms with Crippen LogP contribution in [0.15, 0.2) is 72.1 Å². The molecule has 0 aliphatic heterocycles. The lowest BCUT2D eigenvalue weighted by atomic mass is 9.83. The Morgan fingerprint density at radius 1 is 1.10 bits per heavy atom. The number of nitrogens with zero attached hydrogens (tertiary/aromatic N) is 5. The van der Waals surface area contributed by atoms with Gasteiger partial charge in [-0.05, 0) is 84.0 Å². The zero-order valence-electron chi connectivity index (χ0n) is 23.5. The summed E-state index contributed by atoms with van der Waals surface area (Å²) in [5, 5.41) is 19.0. The van der Waals surface area contributed by atoms with Crippen molar-refractivity contribution in [3.63, 3.8) is 0 Å². The van der Waals surface area contributed by atoms with Crippen LogP contribution >= 0.6 is 11.3 Å². The lowest BCUT2D eigenvalue weighted by Crippen LogP contribution is -2.14. The molecule has 0 radical (unpaired) electrons. The Morgan fingerprint density at radius 2 is 1.95 bits per heavy atom. The minimum atomic E-state index is -0.176. The van der Waals surface area contributed by atoms with Gasteiger partial charge in [0, 0.05) is 33.7 Å². The van der Waals surface area contributed by atoms with Crippen LogP contribution in [-0.2, 0) is 13.0 Å². The molecule has 0 bridgehead atoms. The van der Waals surface area contributed by atoms with Gasteiger partial charge in [0.15, 0.2) is 5.01 Å². The highest BCUT2D eigenvalue weighted by molar-refractivity contribution is 7.10. The van der Waals surface area contributed by atoms with E-state index >= 15 is 0 Å². The van der Waals surface area contributed by atoms with E-state index in [1.807, 2.05) is 73.7 Å². The van der Waals surface area contributed by atoms with Crippen LogP contribution in [0.3, 0.4) is 0 Å². The topological polar surface area (TPSA) is 94.8 Å². The largest absolute Gasteiger partial charge is 0.497 e. The quantitative estimate of drug-likeness (QED) is 0.218. The third kappa shape index (κ3) is 6.24. The monoisotopic (exact) mass is 574 g/mol. The van der Waals surface area contributed by atoms with E-state index in [2.05, 4.69) is 42.9 Å². The maximum absolute atomic E-state index is 13.3. The molecule has 0 unspecified atom stereocenters. The Bertz CT molecular complexity index is 1780. The molecule has 1 N–H and O–H groups in total. The Morgan fingerprint density at radius 3 is 2.71 bits per heavy atom. The molecule has 9 heteroatoms. The van der Waals surface area contributed by atoms with E-state index in [1.54, 1.807) is 23.2 Å². The Kier molecular flexibility index (Phi) is 8.06. The minimum absolute atomic E-state index is 0.176. The van der Waals surface area contributed by atoms with Gasteiger partial charge in [-0.3, -0.25) is 4.79 Å². The highest BCUT2D eigenvalue weighted by Gasteiger charge is 2.21. The summed E-state index contributed by atoms with van der Waals surface area (Å²) >= 11 is 1.59. The van der Waals surface area contributed by atoms with Crippen molar-refractivity contribution in [2.45, 2.75) is 45.1 Å². The number of rotatable bonds is 8. The maximum atomic E-state index is 13.3. The van der Waals surface area contributed by atoms with Gasteiger partial charge in [-0.25, -0.2) is 4.98 Å². The molecule has 1 amide bonds. The van der Waals surface area contributed by atoms with E-state index in [4.69, 9.17) is 4.74 Å². The third-order valence-corrected chi connectivity index (χ3v) is 8.18. The van der Waals surface area contributed by atoms with Crippen molar-refractivity contribution in [3.05, 3.63) is 105 Å². The molecule has 2 aromatic heterocycles. The SMILES string of the molecule is CCc1cc(-c2nnn(Cc3ccc(OC)cc3)n2)ccc1C(=O)Nc1cccc(C#Cc2nc(C3CCC3)cs2)c1. The number of aromatic nitrogens is 5. The number of thiazole rings is 1. The fraction of sp³-hybridized carbons (Fsp3) is 0.242. The fourth-order valence-corrected chi connectivity index (χ4v) is 5.55. The van der Waals surface area contributed by atoms with E-state index in [1.165, 1.54) is 25.0 Å². The number of benzene rings is 3. The van der Waals surface area contributed by atoms with E-state index < -0.39 is 0 Å². The van der Waals surface area contributed by atoms with Crippen molar-refractivity contribution in [2.24, 2.45) is 0 Å². The average molecular weight is 575 g/mol. The molecule has 42 heavy (non-hydrogen) atoms. The van der Waals surface area contributed by atoms with E-state index in [0.717, 1.165) is 33.0 Å². The van der Waals surface area contributed by atoms with Crippen LogP contribution in [0.5, 0.6) is 5.75 Å².